The molecule has 0 aliphatic carbocycles. The summed E-state index contributed by atoms with van der Waals surface area (Å²) in [5, 5.41) is 9.65. The molecule has 15 heavy (non-hydrogen) atoms. The molecule has 0 aliphatic heterocycles. The second-order valence-corrected chi connectivity index (χ2v) is 4.30. The van der Waals surface area contributed by atoms with Crippen molar-refractivity contribution in [2.24, 2.45) is 7.05 Å². The van der Waals surface area contributed by atoms with Crippen molar-refractivity contribution in [2.75, 3.05) is 0 Å². The minimum absolute atomic E-state index is 0.314. The van der Waals surface area contributed by atoms with Crippen LogP contribution in [0.4, 0.5) is 0 Å². The van der Waals surface area contributed by atoms with E-state index in [0.29, 0.717) is 10.6 Å². The van der Waals surface area contributed by atoms with Gasteiger partial charge >= 0.3 is 5.97 Å². The van der Waals surface area contributed by atoms with Gasteiger partial charge in [-0.1, -0.05) is 0 Å². The zero-order chi connectivity index (χ0) is 11.0. The Labute approximate surface area is 90.8 Å². The number of aromatic nitrogens is 2. The van der Waals surface area contributed by atoms with Crippen LogP contribution >= 0.6 is 11.3 Å². The first kappa shape index (κ1) is 9.92. The molecule has 0 amide bonds. The van der Waals surface area contributed by atoms with Gasteiger partial charge in [-0.2, -0.15) is 0 Å². The van der Waals surface area contributed by atoms with Crippen molar-refractivity contribution >= 4 is 17.3 Å². The van der Waals surface area contributed by atoms with E-state index in [0.717, 1.165) is 10.6 Å². The number of hydrogen-bond acceptors (Lipinski definition) is 3. The topological polar surface area (TPSA) is 55.1 Å². The molecule has 2 aromatic heterocycles. The van der Waals surface area contributed by atoms with E-state index in [4.69, 9.17) is 5.11 Å². The number of carboxylic acids is 1. The van der Waals surface area contributed by atoms with Crippen LogP contribution in [-0.4, -0.2) is 20.6 Å². The van der Waals surface area contributed by atoms with Crippen molar-refractivity contribution in [1.29, 1.82) is 0 Å². The first-order valence-corrected chi connectivity index (χ1v) is 5.22. The molecule has 0 aromatic carbocycles. The molecule has 78 valence electrons. The van der Waals surface area contributed by atoms with Gasteiger partial charge in [-0.25, -0.2) is 9.78 Å². The number of hydrogen-bond donors (Lipinski definition) is 1. The molecular weight excluding hydrogens is 212 g/mol. The van der Waals surface area contributed by atoms with Gasteiger partial charge in [0.25, 0.3) is 0 Å². The lowest BCUT2D eigenvalue weighted by Crippen LogP contribution is -1.94. The molecule has 0 aliphatic rings. The van der Waals surface area contributed by atoms with Crippen LogP contribution in [0.1, 0.15) is 15.4 Å². The lowest BCUT2D eigenvalue weighted by atomic mass is 10.3. The summed E-state index contributed by atoms with van der Waals surface area (Å²) >= 11 is 1.21. The van der Waals surface area contributed by atoms with Crippen molar-refractivity contribution in [2.45, 2.75) is 6.92 Å². The highest BCUT2D eigenvalue weighted by Crippen LogP contribution is 2.27. The summed E-state index contributed by atoms with van der Waals surface area (Å²) in [6, 6.07) is 1.92. The van der Waals surface area contributed by atoms with Crippen molar-refractivity contribution in [3.05, 3.63) is 29.0 Å². The Morgan fingerprint density at radius 2 is 2.33 bits per heavy atom. The average Bonchev–Trinajstić information content (AvgIpc) is 2.71. The predicted molar refractivity (Wildman–Crippen MR) is 58.2 cm³/mol. The summed E-state index contributed by atoms with van der Waals surface area (Å²) in [4.78, 5) is 15.4. The average molecular weight is 222 g/mol. The lowest BCUT2D eigenvalue weighted by molar-refractivity contribution is 0.0701. The van der Waals surface area contributed by atoms with E-state index in [1.54, 1.807) is 6.92 Å². The zero-order valence-electron chi connectivity index (χ0n) is 8.39. The molecule has 0 saturated carbocycles. The van der Waals surface area contributed by atoms with E-state index < -0.39 is 5.97 Å². The van der Waals surface area contributed by atoms with Crippen LogP contribution in [0.15, 0.2) is 18.5 Å². The summed E-state index contributed by atoms with van der Waals surface area (Å²) in [7, 11) is 1.92. The highest BCUT2D eigenvalue weighted by atomic mass is 32.1. The van der Waals surface area contributed by atoms with Gasteiger partial charge in [-0.05, 0) is 13.0 Å². The monoisotopic (exact) mass is 222 g/mol. The third-order valence-electron chi connectivity index (χ3n) is 2.07. The second-order valence-electron chi connectivity index (χ2n) is 3.30. The molecule has 0 bridgehead atoms. The third-order valence-corrected chi connectivity index (χ3v) is 3.26. The van der Waals surface area contributed by atoms with E-state index in [2.05, 4.69) is 4.98 Å². The second kappa shape index (κ2) is 3.51. The molecule has 0 atom stereocenters. The van der Waals surface area contributed by atoms with Gasteiger partial charge in [0.15, 0.2) is 0 Å². The minimum atomic E-state index is -0.910. The first-order valence-electron chi connectivity index (χ1n) is 4.41. The van der Waals surface area contributed by atoms with Gasteiger partial charge < -0.3 is 9.67 Å². The molecule has 0 spiro atoms. The first-order chi connectivity index (χ1) is 7.08. The number of aromatic carboxylic acids is 1. The summed E-state index contributed by atoms with van der Waals surface area (Å²) in [5.41, 5.74) is 1.53. The summed E-state index contributed by atoms with van der Waals surface area (Å²) < 4.78 is 1.91. The van der Waals surface area contributed by atoms with Gasteiger partial charge in [-0.3, -0.25) is 0 Å². The summed E-state index contributed by atoms with van der Waals surface area (Å²) in [6.07, 6.45) is 3.83. The van der Waals surface area contributed by atoms with Crippen LogP contribution in [0.3, 0.4) is 0 Å². The Balaban J connectivity index is 2.46. The summed E-state index contributed by atoms with van der Waals surface area (Å²) in [6.45, 7) is 1.71. The molecule has 0 unspecified atom stereocenters. The van der Waals surface area contributed by atoms with Crippen LogP contribution in [0.5, 0.6) is 0 Å². The van der Waals surface area contributed by atoms with E-state index in [1.807, 2.05) is 30.1 Å². The molecule has 0 saturated heterocycles. The smallest absolute Gasteiger partial charge is 0.347 e. The molecule has 5 heteroatoms. The van der Waals surface area contributed by atoms with Crippen LogP contribution in [0, 0.1) is 6.92 Å². The molecule has 2 rings (SSSR count). The van der Waals surface area contributed by atoms with Gasteiger partial charge in [-0.15, -0.1) is 11.3 Å². The van der Waals surface area contributed by atoms with Crippen LogP contribution < -0.4 is 0 Å². The number of aryl methyl sites for hydroxylation is 2. The number of rotatable bonds is 2. The largest absolute Gasteiger partial charge is 0.477 e. The standard InChI is InChI=1S/C10H10N2O2S/c1-6-8(10(13)14)15-9(11-6)7-3-4-12(2)5-7/h3-5H,1-2H3,(H,13,14). The van der Waals surface area contributed by atoms with E-state index in [-0.39, 0.29) is 0 Å². The Bertz CT molecular complexity index is 513. The van der Waals surface area contributed by atoms with E-state index in [9.17, 15) is 4.79 Å². The SMILES string of the molecule is Cc1nc(-c2ccn(C)c2)sc1C(=O)O. The van der Waals surface area contributed by atoms with Crippen molar-refractivity contribution in [1.82, 2.24) is 9.55 Å². The van der Waals surface area contributed by atoms with E-state index in [1.165, 1.54) is 11.3 Å². The van der Waals surface area contributed by atoms with Crippen molar-refractivity contribution in [3.8, 4) is 10.6 Å². The lowest BCUT2D eigenvalue weighted by Gasteiger charge is -1.87. The van der Waals surface area contributed by atoms with Gasteiger partial charge in [0.1, 0.15) is 9.88 Å². The highest BCUT2D eigenvalue weighted by molar-refractivity contribution is 7.17. The molecule has 1 N–H and O–H groups in total. The molecular formula is C10H10N2O2S. The maximum Gasteiger partial charge on any atom is 0.347 e. The highest BCUT2D eigenvalue weighted by Gasteiger charge is 2.15. The van der Waals surface area contributed by atoms with Crippen LogP contribution in [-0.2, 0) is 7.05 Å². The molecule has 0 fully saturated rings. The van der Waals surface area contributed by atoms with E-state index >= 15 is 0 Å². The Kier molecular flexibility index (Phi) is 2.32. The molecule has 2 heterocycles. The number of carboxylic acid groups (broad SMARTS) is 1. The Hall–Kier alpha value is -1.62. The predicted octanol–water partition coefficient (Wildman–Crippen LogP) is 2.16. The van der Waals surface area contributed by atoms with Crippen molar-refractivity contribution in [3.63, 3.8) is 0 Å². The fourth-order valence-corrected chi connectivity index (χ4v) is 2.24. The molecule has 4 nitrogen and oxygen atoms in total. The van der Waals surface area contributed by atoms with Gasteiger partial charge in [0.2, 0.25) is 0 Å². The molecule has 0 radical (unpaired) electrons. The number of nitrogens with zero attached hydrogens (tertiary/aromatic N) is 2. The fraction of sp³-hybridized carbons (Fsp3) is 0.200. The summed E-state index contributed by atoms with van der Waals surface area (Å²) in [5.74, 6) is -0.910. The van der Waals surface area contributed by atoms with Gasteiger partial charge in [0.05, 0.1) is 5.69 Å². The zero-order valence-corrected chi connectivity index (χ0v) is 9.21. The number of carbonyl (C=O) groups is 1. The number of thiazole rings is 1. The van der Waals surface area contributed by atoms with Crippen molar-refractivity contribution < 1.29 is 9.90 Å². The normalized spacial score (nSPS) is 10.5. The Morgan fingerprint density at radius 1 is 1.60 bits per heavy atom. The molecule has 2 aromatic rings. The quantitative estimate of drug-likeness (QED) is 0.847. The maximum absolute atomic E-state index is 10.8. The van der Waals surface area contributed by atoms with Crippen LogP contribution in [0.25, 0.3) is 10.6 Å². The van der Waals surface area contributed by atoms with Gasteiger partial charge in [0, 0.05) is 25.0 Å². The maximum atomic E-state index is 10.8. The Morgan fingerprint density at radius 3 is 2.80 bits per heavy atom. The minimum Gasteiger partial charge on any atom is -0.477 e. The fourth-order valence-electron chi connectivity index (χ4n) is 1.35. The third kappa shape index (κ3) is 1.78. The van der Waals surface area contributed by atoms with Crippen LogP contribution in [0.2, 0.25) is 0 Å².